The fraction of sp³-hybridized carbons (Fsp3) is 0.0789. The number of fused-ring (bicyclic) bond motifs is 5. The number of anilines is 6. The maximum atomic E-state index is 4.73. The Bertz CT molecular complexity index is 1960. The van der Waals surface area contributed by atoms with E-state index < -0.39 is 5.41 Å². The summed E-state index contributed by atoms with van der Waals surface area (Å²) in [6.45, 7) is 4.09. The zero-order valence-electron chi connectivity index (χ0n) is 25.1. The third-order valence-corrected chi connectivity index (χ3v) is 9.01. The molecule has 4 aromatic carbocycles. The molecule has 2 aliphatic heterocycles. The summed E-state index contributed by atoms with van der Waals surface area (Å²) < 4.78 is 0. The molecule has 46 heavy (non-hydrogen) atoms. The van der Waals surface area contributed by atoms with Crippen LogP contribution < -0.4 is 19.6 Å². The van der Waals surface area contributed by atoms with Crippen LogP contribution in [0.4, 0.5) is 34.5 Å². The first-order valence-electron chi connectivity index (χ1n) is 14.9. The Morgan fingerprint density at radius 2 is 1.09 bits per heavy atom. The van der Waals surface area contributed by atoms with Crippen LogP contribution in [-0.2, 0) is 26.5 Å². The van der Waals surface area contributed by atoms with Gasteiger partial charge in [-0.05, 0) is 48.5 Å². The van der Waals surface area contributed by atoms with Gasteiger partial charge in [-0.2, -0.15) is 55.2 Å². The van der Waals surface area contributed by atoms with E-state index in [0.29, 0.717) is 0 Å². The van der Waals surface area contributed by atoms with Crippen molar-refractivity contribution in [3.05, 3.63) is 163 Å². The Balaban J connectivity index is 0.00000312. The molecule has 6 aromatic rings. The first-order chi connectivity index (χ1) is 22.1. The van der Waals surface area contributed by atoms with Crippen molar-refractivity contribution in [2.75, 3.05) is 33.7 Å². The second-order valence-electron chi connectivity index (χ2n) is 11.5. The van der Waals surface area contributed by atoms with Crippen LogP contribution in [0.2, 0.25) is 0 Å². The topological polar surface area (TPSA) is 51.6 Å². The standard InChI is InChI=1S/C38H27N7.Pt/c1-42-24-44(35-34(42)18-9-19-39-35)28-12-7-10-26(22-28)38(32-16-5-3-14-30(32)31-15-4-6-17-33(31)38)27-11-8-13-29(23-27)45-25-43(2)36-37(45)41-21-20-40-36;/h3-21,24-25H,1-2H3;/q-4;+4. The average Bonchev–Trinajstić information content (AvgIpc) is 3.73. The van der Waals surface area contributed by atoms with Crippen LogP contribution >= 0.6 is 0 Å². The van der Waals surface area contributed by atoms with Crippen molar-refractivity contribution in [1.82, 2.24) is 15.0 Å². The van der Waals surface area contributed by atoms with Gasteiger partial charge in [-0.3, -0.25) is 0 Å². The molecule has 0 radical (unpaired) electrons. The van der Waals surface area contributed by atoms with E-state index in [2.05, 4.69) is 134 Å². The number of aromatic nitrogens is 3. The molecule has 0 saturated heterocycles. The third kappa shape index (κ3) is 3.98. The Morgan fingerprint density at radius 1 is 0.543 bits per heavy atom. The molecule has 0 atom stereocenters. The number of nitrogens with zero attached hydrogens (tertiary/aromatic N) is 7. The predicted molar refractivity (Wildman–Crippen MR) is 177 cm³/mol. The average molecular weight is 777 g/mol. The third-order valence-electron chi connectivity index (χ3n) is 9.01. The summed E-state index contributed by atoms with van der Waals surface area (Å²) in [6.07, 6.45) is 5.29. The minimum Gasteiger partial charge on any atom is -0.502 e. The van der Waals surface area contributed by atoms with E-state index in [0.717, 1.165) is 45.6 Å². The first-order valence-corrected chi connectivity index (χ1v) is 14.9. The second-order valence-corrected chi connectivity index (χ2v) is 11.5. The van der Waals surface area contributed by atoms with Crippen molar-refractivity contribution in [3.8, 4) is 11.1 Å². The van der Waals surface area contributed by atoms with Gasteiger partial charge in [0.1, 0.15) is 17.5 Å². The summed E-state index contributed by atoms with van der Waals surface area (Å²) >= 11 is 0. The van der Waals surface area contributed by atoms with Crippen LogP contribution in [0, 0.1) is 25.5 Å². The predicted octanol–water partition coefficient (Wildman–Crippen LogP) is 7.25. The maximum Gasteiger partial charge on any atom is 4.00 e. The van der Waals surface area contributed by atoms with Gasteiger partial charge in [-0.25, -0.2) is 15.0 Å². The van der Waals surface area contributed by atoms with Crippen LogP contribution in [0.3, 0.4) is 0 Å². The van der Waals surface area contributed by atoms with Crippen molar-refractivity contribution in [2.24, 2.45) is 0 Å². The molecule has 8 heteroatoms. The quantitative estimate of drug-likeness (QED) is 0.175. The smallest absolute Gasteiger partial charge is 0.502 e. The molecule has 0 N–H and O–H groups in total. The van der Waals surface area contributed by atoms with Crippen molar-refractivity contribution in [3.63, 3.8) is 0 Å². The normalized spacial score (nSPS) is 15.3. The van der Waals surface area contributed by atoms with E-state index in [-0.39, 0.29) is 21.1 Å². The summed E-state index contributed by atoms with van der Waals surface area (Å²) in [7, 11) is 4.04. The number of hydrogen-bond acceptors (Lipinski definition) is 7. The fourth-order valence-electron chi connectivity index (χ4n) is 7.11. The van der Waals surface area contributed by atoms with E-state index in [1.165, 1.54) is 22.3 Å². The van der Waals surface area contributed by atoms with E-state index in [9.17, 15) is 0 Å². The first kappa shape index (κ1) is 28.5. The monoisotopic (exact) mass is 776 g/mol. The van der Waals surface area contributed by atoms with E-state index >= 15 is 0 Å². The van der Waals surface area contributed by atoms with Crippen molar-refractivity contribution in [1.29, 1.82) is 0 Å². The largest absolute Gasteiger partial charge is 4.00 e. The number of rotatable bonds is 4. The van der Waals surface area contributed by atoms with Crippen LogP contribution in [-0.4, -0.2) is 29.0 Å². The van der Waals surface area contributed by atoms with Gasteiger partial charge >= 0.3 is 21.1 Å². The van der Waals surface area contributed by atoms with Gasteiger partial charge in [0.25, 0.3) is 0 Å². The van der Waals surface area contributed by atoms with Gasteiger partial charge < -0.3 is 19.6 Å². The van der Waals surface area contributed by atoms with Crippen LogP contribution in [0.15, 0.2) is 116 Å². The van der Waals surface area contributed by atoms with Gasteiger partial charge in [0.15, 0.2) is 0 Å². The zero-order valence-corrected chi connectivity index (χ0v) is 27.3. The molecule has 224 valence electrons. The van der Waals surface area contributed by atoms with Crippen molar-refractivity contribution < 1.29 is 21.1 Å². The van der Waals surface area contributed by atoms with Gasteiger partial charge in [-0.15, -0.1) is 29.2 Å². The van der Waals surface area contributed by atoms with E-state index in [4.69, 9.17) is 4.98 Å². The van der Waals surface area contributed by atoms with Crippen molar-refractivity contribution in [2.45, 2.75) is 5.41 Å². The second kappa shape index (κ2) is 10.8. The minimum absolute atomic E-state index is 0. The SMILES string of the molecule is CN1[CH-]N(c2[c-]c(C3(c4[c-]c(N5[CH-]N(C)c6nccnc65)ccc4)c4ccccc4-c4ccccc43)ccc2)c2ncccc21.[Pt+4]. The summed E-state index contributed by atoms with van der Waals surface area (Å²) in [5, 5.41) is 0. The fourth-order valence-corrected chi connectivity index (χ4v) is 7.11. The molecule has 0 amide bonds. The summed E-state index contributed by atoms with van der Waals surface area (Å²) in [5.41, 5.74) is 9.11. The molecule has 9 rings (SSSR count). The molecule has 2 aromatic heterocycles. The molecule has 0 fully saturated rings. The van der Waals surface area contributed by atoms with Gasteiger partial charge in [0.05, 0.1) is 0 Å². The number of hydrogen-bond donors (Lipinski definition) is 0. The van der Waals surface area contributed by atoms with Gasteiger partial charge in [0.2, 0.25) is 0 Å². The van der Waals surface area contributed by atoms with Crippen LogP contribution in [0.5, 0.6) is 0 Å². The molecule has 0 unspecified atom stereocenters. The number of pyridine rings is 1. The molecular weight excluding hydrogens is 750 g/mol. The molecule has 0 saturated carbocycles. The maximum absolute atomic E-state index is 4.73. The summed E-state index contributed by atoms with van der Waals surface area (Å²) in [6, 6.07) is 42.0. The van der Waals surface area contributed by atoms with Crippen LogP contribution in [0.1, 0.15) is 22.3 Å². The Labute approximate surface area is 283 Å². The molecular formula is C38H27N7Pt. The molecule has 0 bridgehead atoms. The molecule has 3 aliphatic rings. The Hall–Kier alpha value is -5.00. The molecule has 7 nitrogen and oxygen atoms in total. The van der Waals surface area contributed by atoms with E-state index in [1.54, 1.807) is 12.4 Å². The summed E-state index contributed by atoms with van der Waals surface area (Å²) in [5.74, 6) is 2.48. The molecule has 1 aliphatic carbocycles. The Kier molecular flexibility index (Phi) is 6.69. The zero-order chi connectivity index (χ0) is 30.1. The minimum atomic E-state index is -0.672. The van der Waals surface area contributed by atoms with Crippen LogP contribution in [0.25, 0.3) is 11.1 Å². The molecule has 0 spiro atoms. The van der Waals surface area contributed by atoms with E-state index in [1.807, 2.05) is 37.9 Å². The molecule has 4 heterocycles. The van der Waals surface area contributed by atoms with Gasteiger partial charge in [-0.1, -0.05) is 48.5 Å². The van der Waals surface area contributed by atoms with Gasteiger partial charge in [0, 0.05) is 29.7 Å². The van der Waals surface area contributed by atoms with Crippen molar-refractivity contribution >= 4 is 34.5 Å². The Morgan fingerprint density at radius 3 is 1.74 bits per heavy atom. The summed E-state index contributed by atoms with van der Waals surface area (Å²) in [4.78, 5) is 22.2. The number of benzene rings is 4.